The Hall–Kier alpha value is -1.68. The summed E-state index contributed by atoms with van der Waals surface area (Å²) in [5, 5.41) is 1.76. The van der Waals surface area contributed by atoms with Crippen LogP contribution < -0.4 is 5.32 Å². The molecule has 0 radical (unpaired) electrons. The number of ether oxygens (including phenoxy) is 2. The number of esters is 1. The fourth-order valence-electron chi connectivity index (χ4n) is 1.19. The fraction of sp³-hybridized carbons (Fsp3) is 0.500. The van der Waals surface area contributed by atoms with E-state index in [4.69, 9.17) is 0 Å². The lowest BCUT2D eigenvalue weighted by molar-refractivity contribution is -0.141. The van der Waals surface area contributed by atoms with Crippen LogP contribution in [0.15, 0.2) is 0 Å². The molecule has 0 aliphatic rings. The molecular weight excluding hydrogens is 301 g/mol. The molecule has 0 unspecified atom stereocenters. The molecule has 0 atom stereocenters. The van der Waals surface area contributed by atoms with E-state index >= 15 is 0 Å². The van der Waals surface area contributed by atoms with Crippen molar-refractivity contribution in [2.45, 2.75) is 13.1 Å². The van der Waals surface area contributed by atoms with Crippen LogP contribution in [-0.4, -0.2) is 37.2 Å². The predicted octanol–water partition coefficient (Wildman–Crippen LogP) is 1.92. The van der Waals surface area contributed by atoms with Gasteiger partial charge in [-0.25, -0.2) is 9.78 Å². The Bertz CT molecular complexity index is 501. The first-order chi connectivity index (χ1) is 9.29. The fourth-order valence-corrected chi connectivity index (χ4v) is 2.08. The number of nitrogens with zero attached hydrogens (tertiary/aromatic N) is 1. The van der Waals surface area contributed by atoms with Crippen molar-refractivity contribution in [2.75, 3.05) is 25.6 Å². The monoisotopic (exact) mass is 312 g/mol. The number of thiazole rings is 1. The van der Waals surface area contributed by atoms with Gasteiger partial charge in [-0.3, -0.25) is 10.1 Å². The normalized spacial score (nSPS) is 11.2. The van der Waals surface area contributed by atoms with Crippen molar-refractivity contribution < 1.29 is 32.2 Å². The number of carbonyl (C=O) groups excluding carboxylic acids is 2. The van der Waals surface area contributed by atoms with Gasteiger partial charge in [0.1, 0.15) is 11.5 Å². The van der Waals surface area contributed by atoms with E-state index in [2.05, 4.69) is 19.8 Å². The molecule has 1 N–H and O–H groups in total. The minimum Gasteiger partial charge on any atom is -0.462 e. The maximum Gasteiger partial charge on any atom is 0.435 e. The molecule has 1 aromatic heterocycles. The molecule has 1 heterocycles. The molecule has 0 spiro atoms. The SMILES string of the molecule is CCOC(=O)c1sc(NC(=O)COC)nc1C(F)(F)F. The van der Waals surface area contributed by atoms with E-state index in [1.807, 2.05) is 0 Å². The number of carbonyl (C=O) groups is 2. The van der Waals surface area contributed by atoms with Crippen molar-refractivity contribution in [1.82, 2.24) is 4.98 Å². The molecule has 1 rings (SSSR count). The van der Waals surface area contributed by atoms with Crippen molar-refractivity contribution in [2.24, 2.45) is 0 Å². The van der Waals surface area contributed by atoms with E-state index in [0.29, 0.717) is 11.3 Å². The van der Waals surface area contributed by atoms with Crippen LogP contribution in [-0.2, 0) is 20.4 Å². The van der Waals surface area contributed by atoms with Gasteiger partial charge in [0.25, 0.3) is 5.91 Å². The largest absolute Gasteiger partial charge is 0.462 e. The first-order valence-electron chi connectivity index (χ1n) is 5.33. The number of amides is 1. The predicted molar refractivity (Wildman–Crippen MR) is 63.6 cm³/mol. The number of methoxy groups -OCH3 is 1. The van der Waals surface area contributed by atoms with E-state index in [9.17, 15) is 22.8 Å². The topological polar surface area (TPSA) is 77.5 Å². The maximum absolute atomic E-state index is 12.7. The summed E-state index contributed by atoms with van der Waals surface area (Å²) in [7, 11) is 1.26. The highest BCUT2D eigenvalue weighted by Gasteiger charge is 2.40. The van der Waals surface area contributed by atoms with Gasteiger partial charge in [-0.2, -0.15) is 13.2 Å². The number of anilines is 1. The maximum atomic E-state index is 12.7. The van der Waals surface area contributed by atoms with Crippen LogP contribution in [0.4, 0.5) is 18.3 Å². The minimum absolute atomic E-state index is 0.0700. The summed E-state index contributed by atoms with van der Waals surface area (Å²) in [5.74, 6) is -1.81. The third-order valence-electron chi connectivity index (χ3n) is 1.88. The standard InChI is InChI=1S/C10H11F3N2O4S/c1-3-19-8(17)6-7(10(11,12)13)15-9(20-6)14-5(16)4-18-2/h3-4H2,1-2H3,(H,14,15,16). The minimum atomic E-state index is -4.82. The van der Waals surface area contributed by atoms with Crippen molar-refractivity contribution in [3.05, 3.63) is 10.6 Å². The highest BCUT2D eigenvalue weighted by Crippen LogP contribution is 2.36. The molecule has 1 amide bonds. The third-order valence-corrected chi connectivity index (χ3v) is 2.83. The summed E-state index contributed by atoms with van der Waals surface area (Å²) in [6.45, 7) is 1.06. The number of aromatic nitrogens is 1. The van der Waals surface area contributed by atoms with Gasteiger partial charge in [-0.1, -0.05) is 11.3 Å². The molecule has 0 saturated carbocycles. The molecule has 10 heteroatoms. The Labute approximate surface area is 115 Å². The third kappa shape index (κ3) is 4.17. The van der Waals surface area contributed by atoms with Gasteiger partial charge in [-0.15, -0.1) is 0 Å². The van der Waals surface area contributed by atoms with Crippen LogP contribution in [0.2, 0.25) is 0 Å². The van der Waals surface area contributed by atoms with Crippen LogP contribution in [0.1, 0.15) is 22.3 Å². The number of hydrogen-bond acceptors (Lipinski definition) is 6. The molecule has 0 aliphatic carbocycles. The molecule has 0 aromatic carbocycles. The first-order valence-corrected chi connectivity index (χ1v) is 6.15. The summed E-state index contributed by atoms with van der Waals surface area (Å²) in [6, 6.07) is 0. The van der Waals surface area contributed by atoms with Crippen LogP contribution >= 0.6 is 11.3 Å². The molecule has 1 aromatic rings. The Morgan fingerprint density at radius 2 is 2.05 bits per heavy atom. The Morgan fingerprint density at radius 1 is 1.40 bits per heavy atom. The summed E-state index contributed by atoms with van der Waals surface area (Å²) >= 11 is 0.395. The molecule has 0 bridgehead atoms. The zero-order valence-electron chi connectivity index (χ0n) is 10.5. The molecule has 0 fully saturated rings. The first kappa shape index (κ1) is 16.4. The molecular formula is C10H11F3N2O4S. The highest BCUT2D eigenvalue weighted by atomic mass is 32.1. The van der Waals surface area contributed by atoms with Crippen molar-refractivity contribution in [1.29, 1.82) is 0 Å². The number of halogens is 3. The second-order valence-electron chi connectivity index (χ2n) is 3.40. The van der Waals surface area contributed by atoms with Crippen LogP contribution in [0.3, 0.4) is 0 Å². The Morgan fingerprint density at radius 3 is 2.55 bits per heavy atom. The van der Waals surface area contributed by atoms with Gasteiger partial charge in [-0.05, 0) is 6.92 Å². The van der Waals surface area contributed by atoms with Gasteiger partial charge in [0.2, 0.25) is 0 Å². The number of alkyl halides is 3. The van der Waals surface area contributed by atoms with Crippen LogP contribution in [0.5, 0.6) is 0 Å². The van der Waals surface area contributed by atoms with Gasteiger partial charge in [0.15, 0.2) is 10.8 Å². The van der Waals surface area contributed by atoms with Gasteiger partial charge in [0.05, 0.1) is 6.61 Å². The lowest BCUT2D eigenvalue weighted by Gasteiger charge is -2.04. The lowest BCUT2D eigenvalue weighted by Crippen LogP contribution is -2.17. The zero-order chi connectivity index (χ0) is 15.3. The highest BCUT2D eigenvalue weighted by molar-refractivity contribution is 7.17. The summed E-state index contributed by atoms with van der Waals surface area (Å²) in [6.07, 6.45) is -4.82. The molecule has 0 saturated heterocycles. The summed E-state index contributed by atoms with van der Waals surface area (Å²) in [5.41, 5.74) is -1.38. The van der Waals surface area contributed by atoms with Crippen LogP contribution in [0.25, 0.3) is 0 Å². The van der Waals surface area contributed by atoms with Crippen molar-refractivity contribution >= 4 is 28.3 Å². The zero-order valence-corrected chi connectivity index (χ0v) is 11.4. The molecule has 6 nitrogen and oxygen atoms in total. The number of nitrogens with one attached hydrogen (secondary N) is 1. The van der Waals surface area contributed by atoms with Gasteiger partial charge >= 0.3 is 12.1 Å². The van der Waals surface area contributed by atoms with Gasteiger partial charge < -0.3 is 9.47 Å². The number of rotatable bonds is 5. The van der Waals surface area contributed by atoms with Crippen molar-refractivity contribution in [3.63, 3.8) is 0 Å². The van der Waals surface area contributed by atoms with E-state index in [1.54, 1.807) is 0 Å². The average molecular weight is 312 g/mol. The molecule has 20 heavy (non-hydrogen) atoms. The Balaban J connectivity index is 3.06. The Kier molecular flexibility index (Phi) is 5.45. The van der Waals surface area contributed by atoms with Gasteiger partial charge in [0, 0.05) is 7.11 Å². The summed E-state index contributed by atoms with van der Waals surface area (Å²) < 4.78 is 47.3. The van der Waals surface area contributed by atoms with E-state index in [1.165, 1.54) is 14.0 Å². The average Bonchev–Trinajstić information content (AvgIpc) is 2.73. The smallest absolute Gasteiger partial charge is 0.435 e. The second-order valence-corrected chi connectivity index (χ2v) is 4.40. The molecule has 0 aliphatic heterocycles. The second kappa shape index (κ2) is 6.66. The number of hydrogen-bond donors (Lipinski definition) is 1. The van der Waals surface area contributed by atoms with E-state index < -0.39 is 28.6 Å². The summed E-state index contributed by atoms with van der Waals surface area (Å²) in [4.78, 5) is 25.2. The van der Waals surface area contributed by atoms with Crippen molar-refractivity contribution in [3.8, 4) is 0 Å². The van der Waals surface area contributed by atoms with E-state index in [-0.39, 0.29) is 18.3 Å². The van der Waals surface area contributed by atoms with Crippen LogP contribution in [0, 0.1) is 0 Å². The lowest BCUT2D eigenvalue weighted by atomic mass is 10.3. The van der Waals surface area contributed by atoms with E-state index in [0.717, 1.165) is 0 Å². The molecule has 112 valence electrons. The quantitative estimate of drug-likeness (QED) is 0.841.